The maximum atomic E-state index is 10.9. The molecule has 0 spiro atoms. The molecule has 2 aromatic rings. The second kappa shape index (κ2) is 6.10. The molecule has 0 aromatic carbocycles. The zero-order valence-corrected chi connectivity index (χ0v) is 11.0. The van der Waals surface area contributed by atoms with Gasteiger partial charge in [0.05, 0.1) is 17.0 Å². The van der Waals surface area contributed by atoms with Crippen LogP contribution in [0.5, 0.6) is 5.88 Å². The van der Waals surface area contributed by atoms with Crippen molar-refractivity contribution in [3.8, 4) is 5.88 Å². The van der Waals surface area contributed by atoms with Gasteiger partial charge >= 0.3 is 5.69 Å². The molecule has 0 amide bonds. The normalized spacial score (nSPS) is 10.2. The number of ether oxygens (including phenoxy) is 1. The molecule has 2 rings (SSSR count). The fourth-order valence-electron chi connectivity index (χ4n) is 1.49. The van der Waals surface area contributed by atoms with Crippen molar-refractivity contribution in [1.82, 2.24) is 9.97 Å². The highest BCUT2D eigenvalue weighted by atomic mass is 32.1. The zero-order chi connectivity index (χ0) is 13.7. The molecule has 0 aliphatic carbocycles. The van der Waals surface area contributed by atoms with E-state index in [2.05, 4.69) is 15.3 Å². The lowest BCUT2D eigenvalue weighted by atomic mass is 10.3. The van der Waals surface area contributed by atoms with Crippen molar-refractivity contribution < 1.29 is 9.66 Å². The van der Waals surface area contributed by atoms with Crippen LogP contribution in [-0.2, 0) is 6.42 Å². The summed E-state index contributed by atoms with van der Waals surface area (Å²) in [7, 11) is 1.47. The Morgan fingerprint density at radius 1 is 1.53 bits per heavy atom. The van der Waals surface area contributed by atoms with E-state index < -0.39 is 4.92 Å². The Hall–Kier alpha value is -2.22. The van der Waals surface area contributed by atoms with Gasteiger partial charge < -0.3 is 10.1 Å². The molecule has 0 radical (unpaired) electrons. The first-order chi connectivity index (χ1) is 9.20. The van der Waals surface area contributed by atoms with Crippen LogP contribution < -0.4 is 10.1 Å². The van der Waals surface area contributed by atoms with Crippen LogP contribution in [0.4, 0.5) is 11.5 Å². The summed E-state index contributed by atoms with van der Waals surface area (Å²) in [6, 6.07) is 2.84. The van der Waals surface area contributed by atoms with Gasteiger partial charge in [-0.1, -0.05) is 0 Å². The van der Waals surface area contributed by atoms with Crippen molar-refractivity contribution in [2.24, 2.45) is 0 Å². The molecule has 0 unspecified atom stereocenters. The highest BCUT2D eigenvalue weighted by molar-refractivity contribution is 7.09. The number of methoxy groups -OCH3 is 1. The summed E-state index contributed by atoms with van der Waals surface area (Å²) in [4.78, 5) is 18.6. The van der Waals surface area contributed by atoms with Crippen molar-refractivity contribution >= 4 is 22.8 Å². The number of nitro groups is 1. The van der Waals surface area contributed by atoms with Gasteiger partial charge in [0.15, 0.2) is 0 Å². The van der Waals surface area contributed by atoms with Crippen LogP contribution in [0.2, 0.25) is 0 Å². The van der Waals surface area contributed by atoms with Crippen molar-refractivity contribution in [3.05, 3.63) is 38.8 Å². The zero-order valence-electron chi connectivity index (χ0n) is 10.2. The van der Waals surface area contributed by atoms with Gasteiger partial charge in [-0.25, -0.2) is 4.98 Å². The van der Waals surface area contributed by atoms with E-state index in [-0.39, 0.29) is 11.5 Å². The minimum Gasteiger partial charge on any atom is -0.481 e. The van der Waals surface area contributed by atoms with E-state index in [1.54, 1.807) is 17.5 Å². The third-order valence-corrected chi connectivity index (χ3v) is 3.21. The Labute approximate surface area is 113 Å². The van der Waals surface area contributed by atoms with E-state index in [1.165, 1.54) is 19.2 Å². The monoisotopic (exact) mass is 280 g/mol. The molecule has 7 nitrogen and oxygen atoms in total. The van der Waals surface area contributed by atoms with Gasteiger partial charge in [-0.15, -0.1) is 11.3 Å². The number of nitrogens with zero attached hydrogens (tertiary/aromatic N) is 3. The number of thiazole rings is 1. The predicted molar refractivity (Wildman–Crippen MR) is 71.8 cm³/mol. The second-order valence-electron chi connectivity index (χ2n) is 3.58. The van der Waals surface area contributed by atoms with E-state index >= 15 is 0 Å². The molecule has 0 bridgehead atoms. The molecule has 0 saturated carbocycles. The number of hydrogen-bond acceptors (Lipinski definition) is 7. The van der Waals surface area contributed by atoms with Crippen molar-refractivity contribution in [2.45, 2.75) is 6.42 Å². The Kier molecular flexibility index (Phi) is 4.24. The van der Waals surface area contributed by atoms with Gasteiger partial charge in [-0.3, -0.25) is 10.1 Å². The van der Waals surface area contributed by atoms with Gasteiger partial charge in [0.2, 0.25) is 11.7 Å². The Morgan fingerprint density at radius 2 is 2.37 bits per heavy atom. The first-order valence-corrected chi connectivity index (χ1v) is 6.40. The van der Waals surface area contributed by atoms with Crippen LogP contribution in [0.3, 0.4) is 0 Å². The molecule has 8 heteroatoms. The number of hydrogen-bond donors (Lipinski definition) is 1. The van der Waals surface area contributed by atoms with Gasteiger partial charge in [0, 0.05) is 36.7 Å². The van der Waals surface area contributed by atoms with Crippen LogP contribution in [0.15, 0.2) is 23.7 Å². The summed E-state index contributed by atoms with van der Waals surface area (Å²) < 4.78 is 4.96. The molecular weight excluding hydrogens is 268 g/mol. The average Bonchev–Trinajstić information content (AvgIpc) is 2.91. The highest BCUT2D eigenvalue weighted by Crippen LogP contribution is 2.24. The molecule has 0 aliphatic rings. The topological polar surface area (TPSA) is 90.2 Å². The molecule has 2 heterocycles. The Morgan fingerprint density at radius 3 is 3.00 bits per heavy atom. The highest BCUT2D eigenvalue weighted by Gasteiger charge is 2.15. The lowest BCUT2D eigenvalue weighted by Gasteiger charge is -2.06. The number of nitrogens with one attached hydrogen (secondary N) is 1. The minimum atomic E-state index is -0.474. The predicted octanol–water partition coefficient (Wildman–Crippen LogP) is 2.11. The summed E-state index contributed by atoms with van der Waals surface area (Å²) in [5.74, 6) is 0.545. The van der Waals surface area contributed by atoms with Crippen molar-refractivity contribution in [1.29, 1.82) is 0 Å². The van der Waals surface area contributed by atoms with E-state index in [0.29, 0.717) is 18.8 Å². The molecule has 2 aromatic heterocycles. The maximum absolute atomic E-state index is 10.9. The van der Waals surface area contributed by atoms with Crippen LogP contribution in [0, 0.1) is 10.1 Å². The number of rotatable bonds is 6. The maximum Gasteiger partial charge on any atom is 0.311 e. The van der Waals surface area contributed by atoms with Crippen LogP contribution in [-0.4, -0.2) is 28.5 Å². The summed E-state index contributed by atoms with van der Waals surface area (Å²) in [6.07, 6.45) is 2.42. The average molecular weight is 280 g/mol. The SMILES string of the molecule is COc1ccc([N+](=O)[O-])c(NCCc2nccs2)n1. The third kappa shape index (κ3) is 3.38. The largest absolute Gasteiger partial charge is 0.481 e. The number of aromatic nitrogens is 2. The summed E-state index contributed by atoms with van der Waals surface area (Å²) in [5.41, 5.74) is -0.0695. The molecule has 19 heavy (non-hydrogen) atoms. The molecule has 1 N–H and O–H groups in total. The van der Waals surface area contributed by atoms with E-state index in [9.17, 15) is 10.1 Å². The summed E-state index contributed by atoms with van der Waals surface area (Å²) in [6.45, 7) is 0.522. The smallest absolute Gasteiger partial charge is 0.311 e. The van der Waals surface area contributed by atoms with Crippen LogP contribution in [0.25, 0.3) is 0 Å². The molecule has 0 fully saturated rings. The fourth-order valence-corrected chi connectivity index (χ4v) is 2.11. The van der Waals surface area contributed by atoms with Crippen molar-refractivity contribution in [3.63, 3.8) is 0 Å². The summed E-state index contributed by atoms with van der Waals surface area (Å²) >= 11 is 1.55. The first kappa shape index (κ1) is 13.2. The van der Waals surface area contributed by atoms with Crippen LogP contribution >= 0.6 is 11.3 Å². The fraction of sp³-hybridized carbons (Fsp3) is 0.273. The standard InChI is InChI=1S/C11H12N4O3S/c1-18-9-3-2-8(15(16)17)11(14-9)13-5-4-10-12-6-7-19-10/h2-3,6-7H,4-5H2,1H3,(H,13,14). The van der Waals surface area contributed by atoms with Crippen molar-refractivity contribution in [2.75, 3.05) is 19.0 Å². The van der Waals surface area contributed by atoms with Crippen LogP contribution in [0.1, 0.15) is 5.01 Å². The van der Waals surface area contributed by atoms with E-state index in [0.717, 1.165) is 5.01 Å². The van der Waals surface area contributed by atoms with Gasteiger partial charge in [-0.05, 0) is 0 Å². The van der Waals surface area contributed by atoms with E-state index in [4.69, 9.17) is 4.74 Å². The molecule has 0 saturated heterocycles. The first-order valence-electron chi connectivity index (χ1n) is 5.52. The molecule has 0 aliphatic heterocycles. The van der Waals surface area contributed by atoms with Gasteiger partial charge in [0.25, 0.3) is 0 Å². The molecular formula is C11H12N4O3S. The minimum absolute atomic E-state index is 0.0695. The Balaban J connectivity index is 2.06. The molecule has 100 valence electrons. The number of anilines is 1. The third-order valence-electron chi connectivity index (χ3n) is 2.37. The van der Waals surface area contributed by atoms with Gasteiger partial charge in [0.1, 0.15) is 0 Å². The lowest BCUT2D eigenvalue weighted by molar-refractivity contribution is -0.384. The second-order valence-corrected chi connectivity index (χ2v) is 4.56. The number of pyridine rings is 1. The van der Waals surface area contributed by atoms with E-state index in [1.807, 2.05) is 5.38 Å². The Bertz CT molecular complexity index is 559. The van der Waals surface area contributed by atoms with Gasteiger partial charge in [-0.2, -0.15) is 4.98 Å². The quantitative estimate of drug-likeness (QED) is 0.643. The lowest BCUT2D eigenvalue weighted by Crippen LogP contribution is -2.08. The molecule has 0 atom stereocenters. The summed E-state index contributed by atoms with van der Waals surface area (Å²) in [5, 5.41) is 16.7.